The molecule has 3 aromatic rings. The van der Waals surface area contributed by atoms with Crippen molar-refractivity contribution in [2.24, 2.45) is 5.16 Å². The number of ether oxygens (including phenoxy) is 1. The molecule has 2 aliphatic rings. The van der Waals surface area contributed by atoms with Gasteiger partial charge in [0, 0.05) is 25.6 Å². The summed E-state index contributed by atoms with van der Waals surface area (Å²) in [4.78, 5) is 6.21. The standard InChI is InChI=1S/C30H35N3O2/c1-4-22-29(2)33(28(31-35-29)24-15-8-5-9-16-24)32-23-14-21-27(32)30(34-3,25-17-10-6-11-18-25)26-19-12-7-13-20-26/h5-13,15-20,27H,4,14,21-23H2,1-3H3/t27-,29+/m0/s1. The lowest BCUT2D eigenvalue weighted by atomic mass is 9.79. The first-order valence-electron chi connectivity index (χ1n) is 12.7. The first-order chi connectivity index (χ1) is 17.1. The normalized spacial score (nSPS) is 22.8. The second-order valence-electron chi connectivity index (χ2n) is 9.60. The van der Waals surface area contributed by atoms with Gasteiger partial charge < -0.3 is 9.57 Å². The van der Waals surface area contributed by atoms with Crippen LogP contribution in [-0.4, -0.2) is 41.3 Å². The molecule has 2 heterocycles. The Labute approximate surface area is 208 Å². The fourth-order valence-electron chi connectivity index (χ4n) is 5.91. The molecule has 35 heavy (non-hydrogen) atoms. The lowest BCUT2D eigenvalue weighted by Crippen LogP contribution is -2.62. The van der Waals surface area contributed by atoms with Gasteiger partial charge in [0.05, 0.1) is 6.04 Å². The van der Waals surface area contributed by atoms with Gasteiger partial charge in [-0.25, -0.2) is 10.0 Å². The summed E-state index contributed by atoms with van der Waals surface area (Å²) in [5.74, 6) is 0.861. The summed E-state index contributed by atoms with van der Waals surface area (Å²) in [5, 5.41) is 9.44. The Bertz CT molecular complexity index is 1100. The van der Waals surface area contributed by atoms with Crippen molar-refractivity contribution in [2.45, 2.75) is 56.9 Å². The van der Waals surface area contributed by atoms with Crippen molar-refractivity contribution < 1.29 is 9.57 Å². The zero-order chi connectivity index (χ0) is 24.3. The number of hydrazine groups is 1. The minimum atomic E-state index is -0.642. The van der Waals surface area contributed by atoms with Crippen LogP contribution >= 0.6 is 0 Å². The second-order valence-corrected chi connectivity index (χ2v) is 9.60. The molecule has 3 aromatic carbocycles. The molecule has 0 aromatic heterocycles. The zero-order valence-corrected chi connectivity index (χ0v) is 20.9. The van der Waals surface area contributed by atoms with E-state index in [1.54, 1.807) is 0 Å². The molecule has 0 radical (unpaired) electrons. The lowest BCUT2D eigenvalue weighted by molar-refractivity contribution is -0.193. The van der Waals surface area contributed by atoms with Crippen molar-refractivity contribution >= 4 is 5.84 Å². The summed E-state index contributed by atoms with van der Waals surface area (Å²) in [6, 6.07) is 31.7. The average Bonchev–Trinajstić information content (AvgIpc) is 3.51. The largest absolute Gasteiger partial charge is 0.367 e. The van der Waals surface area contributed by atoms with Crippen LogP contribution in [0.15, 0.2) is 96.2 Å². The van der Waals surface area contributed by atoms with E-state index in [9.17, 15) is 0 Å². The quantitative estimate of drug-likeness (QED) is 0.396. The van der Waals surface area contributed by atoms with Crippen LogP contribution in [0.25, 0.3) is 0 Å². The summed E-state index contributed by atoms with van der Waals surface area (Å²) in [7, 11) is 1.84. The third-order valence-corrected chi connectivity index (χ3v) is 7.40. The maximum absolute atomic E-state index is 6.60. The Kier molecular flexibility index (Phi) is 6.63. The minimum Gasteiger partial charge on any atom is -0.367 e. The monoisotopic (exact) mass is 469 g/mol. The van der Waals surface area contributed by atoms with E-state index in [2.05, 4.69) is 114 Å². The fraction of sp³-hybridized carbons (Fsp3) is 0.367. The van der Waals surface area contributed by atoms with E-state index < -0.39 is 11.3 Å². The summed E-state index contributed by atoms with van der Waals surface area (Å²) in [5.41, 5.74) is 2.16. The van der Waals surface area contributed by atoms with E-state index in [-0.39, 0.29) is 6.04 Å². The Morgan fingerprint density at radius 3 is 2.06 bits per heavy atom. The maximum Gasteiger partial charge on any atom is 0.222 e. The molecule has 0 bridgehead atoms. The van der Waals surface area contributed by atoms with Crippen LogP contribution in [0.3, 0.4) is 0 Å². The Morgan fingerprint density at radius 1 is 0.943 bits per heavy atom. The topological polar surface area (TPSA) is 37.3 Å². The van der Waals surface area contributed by atoms with Gasteiger partial charge in [-0.05, 0) is 30.9 Å². The predicted molar refractivity (Wildman–Crippen MR) is 140 cm³/mol. The van der Waals surface area contributed by atoms with Gasteiger partial charge in [-0.1, -0.05) is 109 Å². The van der Waals surface area contributed by atoms with E-state index in [0.29, 0.717) is 0 Å². The molecule has 5 rings (SSSR count). The number of methoxy groups -OCH3 is 1. The van der Waals surface area contributed by atoms with Crippen LogP contribution in [0, 0.1) is 0 Å². The Hall–Kier alpha value is -3.15. The number of hydrogen-bond donors (Lipinski definition) is 0. The number of amidine groups is 1. The molecule has 0 aliphatic carbocycles. The highest BCUT2D eigenvalue weighted by molar-refractivity contribution is 5.99. The van der Waals surface area contributed by atoms with Gasteiger partial charge in [0.1, 0.15) is 5.60 Å². The van der Waals surface area contributed by atoms with Gasteiger partial charge in [-0.3, -0.25) is 0 Å². The van der Waals surface area contributed by atoms with Crippen LogP contribution in [0.1, 0.15) is 56.2 Å². The maximum atomic E-state index is 6.60. The lowest BCUT2D eigenvalue weighted by Gasteiger charge is -2.49. The van der Waals surface area contributed by atoms with Gasteiger partial charge in [-0.2, -0.15) is 0 Å². The number of benzene rings is 3. The van der Waals surface area contributed by atoms with E-state index in [0.717, 1.165) is 54.8 Å². The average molecular weight is 470 g/mol. The molecule has 2 atom stereocenters. The van der Waals surface area contributed by atoms with Crippen molar-refractivity contribution in [1.82, 2.24) is 10.0 Å². The third kappa shape index (κ3) is 4.03. The minimum absolute atomic E-state index is 0.0593. The molecular weight excluding hydrogens is 434 g/mol. The first-order valence-corrected chi connectivity index (χ1v) is 12.7. The third-order valence-electron chi connectivity index (χ3n) is 7.40. The SMILES string of the molecule is CCC[C@@]1(C)ON=C(c2ccccc2)N1N1CCC[C@H]1C(OC)(c1ccccc1)c1ccccc1. The molecule has 5 nitrogen and oxygen atoms in total. The van der Waals surface area contributed by atoms with Crippen LogP contribution in [0.4, 0.5) is 0 Å². The Morgan fingerprint density at radius 2 is 1.51 bits per heavy atom. The second kappa shape index (κ2) is 9.84. The van der Waals surface area contributed by atoms with Crippen LogP contribution in [-0.2, 0) is 15.2 Å². The van der Waals surface area contributed by atoms with Crippen LogP contribution in [0.2, 0.25) is 0 Å². The summed E-state index contributed by atoms with van der Waals surface area (Å²) >= 11 is 0. The number of nitrogens with zero attached hydrogens (tertiary/aromatic N) is 3. The van der Waals surface area contributed by atoms with Crippen molar-refractivity contribution in [3.8, 4) is 0 Å². The van der Waals surface area contributed by atoms with E-state index in [4.69, 9.17) is 9.57 Å². The summed E-state index contributed by atoms with van der Waals surface area (Å²) < 4.78 is 6.60. The molecule has 0 amide bonds. The van der Waals surface area contributed by atoms with Crippen LogP contribution < -0.4 is 0 Å². The van der Waals surface area contributed by atoms with Gasteiger partial charge >= 0.3 is 0 Å². The molecule has 2 aliphatic heterocycles. The van der Waals surface area contributed by atoms with Crippen molar-refractivity contribution in [3.63, 3.8) is 0 Å². The first kappa shape index (κ1) is 23.6. The highest BCUT2D eigenvalue weighted by atomic mass is 16.7. The zero-order valence-electron chi connectivity index (χ0n) is 20.9. The molecule has 0 saturated carbocycles. The smallest absolute Gasteiger partial charge is 0.222 e. The van der Waals surface area contributed by atoms with E-state index in [1.165, 1.54) is 0 Å². The Balaban J connectivity index is 1.65. The van der Waals surface area contributed by atoms with E-state index >= 15 is 0 Å². The van der Waals surface area contributed by atoms with Crippen LogP contribution in [0.5, 0.6) is 0 Å². The summed E-state index contributed by atoms with van der Waals surface area (Å²) in [6.07, 6.45) is 3.93. The molecule has 5 heteroatoms. The highest BCUT2D eigenvalue weighted by Crippen LogP contribution is 2.46. The number of rotatable bonds is 8. The van der Waals surface area contributed by atoms with Gasteiger partial charge in [0.25, 0.3) is 0 Å². The van der Waals surface area contributed by atoms with E-state index in [1.807, 2.05) is 13.2 Å². The molecular formula is C30H35N3O2. The van der Waals surface area contributed by atoms with Gasteiger partial charge in [-0.15, -0.1) is 0 Å². The molecule has 1 fully saturated rings. The van der Waals surface area contributed by atoms with Crippen molar-refractivity contribution in [3.05, 3.63) is 108 Å². The highest BCUT2D eigenvalue weighted by Gasteiger charge is 2.54. The molecule has 0 N–H and O–H groups in total. The predicted octanol–water partition coefficient (Wildman–Crippen LogP) is 6.17. The molecule has 0 spiro atoms. The molecule has 0 unspecified atom stereocenters. The van der Waals surface area contributed by atoms with Crippen molar-refractivity contribution in [2.75, 3.05) is 13.7 Å². The fourth-order valence-corrected chi connectivity index (χ4v) is 5.91. The number of oxime groups is 1. The number of hydrogen-bond acceptors (Lipinski definition) is 5. The van der Waals surface area contributed by atoms with Gasteiger partial charge in [0.15, 0.2) is 5.84 Å². The molecule has 1 saturated heterocycles. The summed E-state index contributed by atoms with van der Waals surface area (Å²) in [6.45, 7) is 5.26. The van der Waals surface area contributed by atoms with Gasteiger partial charge in [0.2, 0.25) is 5.72 Å². The molecule has 182 valence electrons. The van der Waals surface area contributed by atoms with Crippen molar-refractivity contribution in [1.29, 1.82) is 0 Å².